The zero-order valence-electron chi connectivity index (χ0n) is 5.52. The molecule has 0 fully saturated rings. The van der Waals surface area contributed by atoms with Crippen molar-refractivity contribution in [1.29, 1.82) is 0 Å². The second-order valence-electron chi connectivity index (χ2n) is 1.36. The number of aliphatic hydroxyl groups is 1. The first-order valence-corrected chi connectivity index (χ1v) is 2.57. The van der Waals surface area contributed by atoms with E-state index in [1.165, 1.54) is 0 Å². The fraction of sp³-hybridized carbons (Fsp3) is 0.200. The third kappa shape index (κ3) is 5.07. The summed E-state index contributed by atoms with van der Waals surface area (Å²) in [5.74, 6) is 2.71. The summed E-state index contributed by atoms with van der Waals surface area (Å²) in [6, 6.07) is 0. The molecule has 0 aliphatic rings. The second kappa shape index (κ2) is 5.39. The minimum Gasteiger partial charge on any atom is -0.436 e. The molecular weight excluding hydrogens is 154 g/mol. The molecule has 0 atom stereocenters. The van der Waals surface area contributed by atoms with Crippen molar-refractivity contribution in [3.63, 3.8) is 0 Å². The van der Waals surface area contributed by atoms with Crippen molar-refractivity contribution in [2.24, 2.45) is 5.90 Å². The third-order valence-corrected chi connectivity index (χ3v) is 0.678. The van der Waals surface area contributed by atoms with Crippen molar-refractivity contribution in [1.82, 2.24) is 0 Å². The van der Waals surface area contributed by atoms with Gasteiger partial charge in [0.25, 0.3) is 0 Å². The molecule has 6 heteroatoms. The monoisotopic (exact) mass is 161 g/mol. The van der Waals surface area contributed by atoms with Gasteiger partial charge >= 0.3 is 11.9 Å². The van der Waals surface area contributed by atoms with Gasteiger partial charge in [-0.3, -0.25) is 0 Å². The van der Waals surface area contributed by atoms with Crippen LogP contribution in [0, 0.1) is 0 Å². The quantitative estimate of drug-likeness (QED) is 0.225. The van der Waals surface area contributed by atoms with E-state index in [1.54, 1.807) is 0 Å². The van der Waals surface area contributed by atoms with Gasteiger partial charge in [-0.1, -0.05) is 0 Å². The Bertz CT molecular complexity index is 176. The van der Waals surface area contributed by atoms with Crippen LogP contribution in [0.3, 0.4) is 0 Å². The summed E-state index contributed by atoms with van der Waals surface area (Å²) in [7, 11) is 0. The first kappa shape index (κ1) is 9.60. The van der Waals surface area contributed by atoms with Crippen LogP contribution in [-0.4, -0.2) is 23.8 Å². The highest BCUT2D eigenvalue weighted by atomic mass is 16.7. The van der Waals surface area contributed by atoms with Crippen molar-refractivity contribution < 1.29 is 24.3 Å². The van der Waals surface area contributed by atoms with Crippen molar-refractivity contribution in [2.45, 2.75) is 0 Å². The highest BCUT2D eigenvalue weighted by molar-refractivity contribution is 5.91. The first-order chi connectivity index (χ1) is 5.20. The maximum atomic E-state index is 10.3. The summed E-state index contributed by atoms with van der Waals surface area (Å²) < 4.78 is 4.02. The molecule has 0 rings (SSSR count). The van der Waals surface area contributed by atoms with E-state index in [9.17, 15) is 9.59 Å². The lowest BCUT2D eigenvalue weighted by atomic mass is 10.5. The Morgan fingerprint density at radius 2 is 1.91 bits per heavy atom. The van der Waals surface area contributed by atoms with Crippen LogP contribution in [0.4, 0.5) is 0 Å². The predicted octanol–water partition coefficient (Wildman–Crippen LogP) is -1.55. The Balaban J connectivity index is 3.73. The van der Waals surface area contributed by atoms with Crippen LogP contribution in [-0.2, 0) is 19.2 Å². The van der Waals surface area contributed by atoms with Gasteiger partial charge in [0, 0.05) is 12.2 Å². The molecule has 0 aromatic rings. The number of nitrogens with two attached hydrogens (primary N) is 1. The van der Waals surface area contributed by atoms with Gasteiger partial charge in [0.2, 0.25) is 0 Å². The molecule has 0 saturated heterocycles. The van der Waals surface area contributed by atoms with Gasteiger partial charge in [-0.15, -0.1) is 0 Å². The number of ether oxygens (including phenoxy) is 1. The van der Waals surface area contributed by atoms with Crippen molar-refractivity contribution >= 4 is 11.9 Å². The van der Waals surface area contributed by atoms with E-state index >= 15 is 0 Å². The third-order valence-electron chi connectivity index (χ3n) is 0.678. The Morgan fingerprint density at radius 1 is 1.36 bits per heavy atom. The van der Waals surface area contributed by atoms with Gasteiger partial charge in [0.15, 0.2) is 6.79 Å². The highest BCUT2D eigenvalue weighted by Crippen LogP contribution is 1.80. The van der Waals surface area contributed by atoms with E-state index in [2.05, 4.69) is 15.5 Å². The van der Waals surface area contributed by atoms with Crippen molar-refractivity contribution in [3.8, 4) is 0 Å². The number of hydrogen-bond acceptors (Lipinski definition) is 6. The molecule has 62 valence electrons. The Labute approximate surface area is 62.1 Å². The Morgan fingerprint density at radius 3 is 2.36 bits per heavy atom. The van der Waals surface area contributed by atoms with Gasteiger partial charge in [-0.2, -0.15) is 5.90 Å². The fourth-order valence-corrected chi connectivity index (χ4v) is 0.287. The molecule has 6 nitrogen and oxygen atoms in total. The zero-order chi connectivity index (χ0) is 8.69. The summed E-state index contributed by atoms with van der Waals surface area (Å²) in [4.78, 5) is 24.2. The lowest BCUT2D eigenvalue weighted by molar-refractivity contribution is -0.146. The minimum atomic E-state index is -0.875. The molecular formula is C5H7NO5. The summed E-state index contributed by atoms with van der Waals surface area (Å²) in [5.41, 5.74) is 0. The number of hydrogen-bond donors (Lipinski definition) is 2. The molecule has 0 aromatic heterocycles. The SMILES string of the molecule is NOC(=O)/C=C\C(=O)OCO. The van der Waals surface area contributed by atoms with E-state index in [1.807, 2.05) is 0 Å². The smallest absolute Gasteiger partial charge is 0.349 e. The van der Waals surface area contributed by atoms with Crippen LogP contribution in [0.5, 0.6) is 0 Å². The maximum absolute atomic E-state index is 10.3. The van der Waals surface area contributed by atoms with Crippen LogP contribution < -0.4 is 5.90 Å². The molecule has 0 unspecified atom stereocenters. The van der Waals surface area contributed by atoms with Crippen LogP contribution in [0.2, 0.25) is 0 Å². The fourth-order valence-electron chi connectivity index (χ4n) is 0.287. The van der Waals surface area contributed by atoms with Crippen LogP contribution in [0.25, 0.3) is 0 Å². The highest BCUT2D eigenvalue weighted by Gasteiger charge is 1.97. The molecule has 11 heavy (non-hydrogen) atoms. The number of rotatable bonds is 3. The van der Waals surface area contributed by atoms with Crippen molar-refractivity contribution in [3.05, 3.63) is 12.2 Å². The molecule has 0 spiro atoms. The van der Waals surface area contributed by atoms with Crippen LogP contribution >= 0.6 is 0 Å². The maximum Gasteiger partial charge on any atom is 0.349 e. The standard InChI is InChI=1S/C5H7NO5/c6-11-5(9)2-1-4(8)10-3-7/h1-2,7H,3,6H2/b2-1-. The second-order valence-corrected chi connectivity index (χ2v) is 1.36. The van der Waals surface area contributed by atoms with Crippen molar-refractivity contribution in [2.75, 3.05) is 6.79 Å². The molecule has 3 N–H and O–H groups in total. The van der Waals surface area contributed by atoms with E-state index in [0.29, 0.717) is 0 Å². The largest absolute Gasteiger partial charge is 0.436 e. The van der Waals surface area contributed by atoms with Gasteiger partial charge < -0.3 is 14.7 Å². The summed E-state index contributed by atoms with van der Waals surface area (Å²) in [6.07, 6.45) is 1.56. The van der Waals surface area contributed by atoms with Gasteiger partial charge in [0.1, 0.15) is 0 Å². The average Bonchev–Trinajstić information content (AvgIpc) is 2.01. The molecule has 0 aromatic carbocycles. The zero-order valence-corrected chi connectivity index (χ0v) is 5.52. The van der Waals surface area contributed by atoms with E-state index in [-0.39, 0.29) is 0 Å². The molecule has 0 aliphatic carbocycles. The number of carbonyl (C=O) groups is 2. The first-order valence-electron chi connectivity index (χ1n) is 2.57. The van der Waals surface area contributed by atoms with Gasteiger partial charge in [-0.05, 0) is 0 Å². The number of aliphatic hydroxyl groups excluding tert-OH is 1. The normalized spacial score (nSPS) is 9.64. The number of carbonyl (C=O) groups excluding carboxylic acids is 2. The van der Waals surface area contributed by atoms with Crippen LogP contribution in [0.15, 0.2) is 12.2 Å². The Kier molecular flexibility index (Phi) is 4.70. The van der Waals surface area contributed by atoms with Gasteiger partial charge in [0.05, 0.1) is 0 Å². The minimum absolute atomic E-state index is 0.735. The van der Waals surface area contributed by atoms with Crippen LogP contribution in [0.1, 0.15) is 0 Å². The lowest BCUT2D eigenvalue weighted by Crippen LogP contribution is -2.08. The lowest BCUT2D eigenvalue weighted by Gasteiger charge is -1.92. The van der Waals surface area contributed by atoms with E-state index in [4.69, 9.17) is 5.11 Å². The van der Waals surface area contributed by atoms with Gasteiger partial charge in [-0.25, -0.2) is 9.59 Å². The Hall–Kier alpha value is -1.40. The number of esters is 1. The molecule has 0 aliphatic heterocycles. The predicted molar refractivity (Wildman–Crippen MR) is 32.6 cm³/mol. The molecule has 0 heterocycles. The van der Waals surface area contributed by atoms with E-state index < -0.39 is 18.7 Å². The summed E-state index contributed by atoms with van der Waals surface area (Å²) in [5, 5.41) is 8.04. The topological polar surface area (TPSA) is 98.9 Å². The molecule has 0 amide bonds. The summed E-state index contributed by atoms with van der Waals surface area (Å²) in [6.45, 7) is -0.735. The molecule has 0 radical (unpaired) electrons. The molecule has 0 bridgehead atoms. The average molecular weight is 161 g/mol. The van der Waals surface area contributed by atoms with E-state index in [0.717, 1.165) is 12.2 Å². The molecule has 0 saturated carbocycles. The summed E-state index contributed by atoms with van der Waals surface area (Å²) >= 11 is 0.